The van der Waals surface area contributed by atoms with Crippen molar-refractivity contribution in [2.45, 2.75) is 43.9 Å². The third kappa shape index (κ3) is 7.74. The number of carbonyl (C=O) groups is 2. The van der Waals surface area contributed by atoms with Crippen LogP contribution in [-0.2, 0) is 32.3 Å². The van der Waals surface area contributed by atoms with Crippen LogP contribution in [0.25, 0.3) is 0 Å². The Morgan fingerprint density at radius 1 is 1.00 bits per heavy atom. The topological polar surface area (TPSA) is 96.0 Å². The van der Waals surface area contributed by atoms with Gasteiger partial charge in [0.2, 0.25) is 11.8 Å². The molecule has 0 aromatic heterocycles. The fourth-order valence-electron chi connectivity index (χ4n) is 4.27. The van der Waals surface area contributed by atoms with Crippen molar-refractivity contribution in [1.82, 2.24) is 10.2 Å². The Hall–Kier alpha value is -3.77. The highest BCUT2D eigenvalue weighted by molar-refractivity contribution is 7.92. The molecule has 0 spiro atoms. The molecule has 0 saturated carbocycles. The van der Waals surface area contributed by atoms with Crippen LogP contribution in [0.5, 0.6) is 5.75 Å². The van der Waals surface area contributed by atoms with Crippen LogP contribution in [0.2, 0.25) is 5.02 Å². The lowest BCUT2D eigenvalue weighted by atomic mass is 10.1. The SMILES string of the molecule is CCNC(=O)[C@H](CC)N(Cc1ccc(OC)cc1)C(=O)CN(c1ccc(Cl)c(C(F)(F)F)c1)S(=O)(=O)c1ccccc1. The number of hydrogen-bond acceptors (Lipinski definition) is 5. The Morgan fingerprint density at radius 3 is 2.19 bits per heavy atom. The highest BCUT2D eigenvalue weighted by Crippen LogP contribution is 2.38. The number of nitrogens with zero attached hydrogens (tertiary/aromatic N) is 2. The Kier molecular flexibility index (Phi) is 10.9. The molecule has 1 N–H and O–H groups in total. The molecule has 0 unspecified atom stereocenters. The van der Waals surface area contributed by atoms with E-state index < -0.39 is 56.9 Å². The number of benzene rings is 3. The van der Waals surface area contributed by atoms with E-state index >= 15 is 0 Å². The number of hydrogen-bond donors (Lipinski definition) is 1. The number of halogens is 4. The maximum atomic E-state index is 14.0. The first-order valence-corrected chi connectivity index (χ1v) is 14.8. The minimum atomic E-state index is -4.88. The number of sulfonamides is 1. The lowest BCUT2D eigenvalue weighted by Crippen LogP contribution is -2.52. The third-order valence-electron chi connectivity index (χ3n) is 6.40. The minimum Gasteiger partial charge on any atom is -0.497 e. The molecule has 0 aliphatic rings. The van der Waals surface area contributed by atoms with Crippen molar-refractivity contribution in [3.05, 3.63) is 88.9 Å². The summed E-state index contributed by atoms with van der Waals surface area (Å²) in [6.07, 6.45) is -4.69. The predicted molar refractivity (Wildman–Crippen MR) is 154 cm³/mol. The van der Waals surface area contributed by atoms with Gasteiger partial charge in [-0.2, -0.15) is 13.2 Å². The van der Waals surface area contributed by atoms with Crippen molar-refractivity contribution in [3.8, 4) is 5.75 Å². The molecule has 1 atom stereocenters. The van der Waals surface area contributed by atoms with E-state index in [-0.39, 0.29) is 17.9 Å². The Bertz CT molecular complexity index is 1490. The standard InChI is InChI=1S/C29H31ClF3N3O5S/c1-4-26(28(38)34-5-2)35(18-20-11-14-22(41-3)15-12-20)27(37)19-36(42(39,40)23-9-7-6-8-10-23)21-13-16-25(30)24(17-21)29(31,32)33/h6-17,26H,4-5,18-19H2,1-3H3,(H,34,38)/t26-/m0/s1. The summed E-state index contributed by atoms with van der Waals surface area (Å²) in [6, 6.07) is 15.4. The van der Waals surface area contributed by atoms with Gasteiger partial charge in [0.1, 0.15) is 18.3 Å². The van der Waals surface area contributed by atoms with E-state index in [0.29, 0.717) is 28.2 Å². The lowest BCUT2D eigenvalue weighted by molar-refractivity contribution is -0.140. The molecule has 0 aliphatic heterocycles. The fourth-order valence-corrected chi connectivity index (χ4v) is 5.92. The largest absolute Gasteiger partial charge is 0.497 e. The first-order valence-electron chi connectivity index (χ1n) is 13.0. The average Bonchev–Trinajstić information content (AvgIpc) is 2.96. The smallest absolute Gasteiger partial charge is 0.417 e. The van der Waals surface area contributed by atoms with Crippen LogP contribution in [0.3, 0.4) is 0 Å². The lowest BCUT2D eigenvalue weighted by Gasteiger charge is -2.33. The van der Waals surface area contributed by atoms with Gasteiger partial charge in [-0.25, -0.2) is 8.42 Å². The molecule has 0 fully saturated rings. The molecule has 8 nitrogen and oxygen atoms in total. The van der Waals surface area contributed by atoms with Gasteiger partial charge in [-0.3, -0.25) is 13.9 Å². The van der Waals surface area contributed by atoms with Gasteiger partial charge in [-0.05, 0) is 61.4 Å². The Labute approximate surface area is 248 Å². The second kappa shape index (κ2) is 13.9. The van der Waals surface area contributed by atoms with Crippen LogP contribution < -0.4 is 14.4 Å². The minimum absolute atomic E-state index is 0.0773. The number of ether oxygens (including phenoxy) is 1. The number of likely N-dealkylation sites (N-methyl/N-ethyl adjacent to an activating group) is 1. The van der Waals surface area contributed by atoms with Crippen molar-refractivity contribution in [2.75, 3.05) is 24.5 Å². The molecule has 3 aromatic rings. The molecule has 0 aliphatic carbocycles. The Morgan fingerprint density at radius 2 is 1.64 bits per heavy atom. The van der Waals surface area contributed by atoms with Gasteiger partial charge in [0, 0.05) is 13.1 Å². The summed E-state index contributed by atoms with van der Waals surface area (Å²) in [7, 11) is -3.05. The van der Waals surface area contributed by atoms with Gasteiger partial charge < -0.3 is 15.0 Å². The van der Waals surface area contributed by atoms with Crippen molar-refractivity contribution in [2.24, 2.45) is 0 Å². The third-order valence-corrected chi connectivity index (χ3v) is 8.52. The van der Waals surface area contributed by atoms with Crippen LogP contribution in [0.15, 0.2) is 77.7 Å². The van der Waals surface area contributed by atoms with Crippen molar-refractivity contribution in [1.29, 1.82) is 0 Å². The van der Waals surface area contributed by atoms with E-state index in [9.17, 15) is 31.2 Å². The molecular weight excluding hydrogens is 595 g/mol. The zero-order valence-corrected chi connectivity index (χ0v) is 24.8. The monoisotopic (exact) mass is 625 g/mol. The number of alkyl halides is 3. The number of carbonyl (C=O) groups excluding carboxylic acids is 2. The second-order valence-corrected chi connectivity index (χ2v) is 11.4. The quantitative estimate of drug-likeness (QED) is 0.287. The van der Waals surface area contributed by atoms with Crippen molar-refractivity contribution in [3.63, 3.8) is 0 Å². The maximum Gasteiger partial charge on any atom is 0.417 e. The molecule has 3 aromatic carbocycles. The van der Waals surface area contributed by atoms with E-state index in [0.717, 1.165) is 12.1 Å². The van der Waals surface area contributed by atoms with Gasteiger partial charge in [0.05, 0.1) is 28.3 Å². The van der Waals surface area contributed by atoms with Crippen molar-refractivity contribution >= 4 is 39.1 Å². The molecule has 42 heavy (non-hydrogen) atoms. The number of amides is 2. The summed E-state index contributed by atoms with van der Waals surface area (Å²) in [5.74, 6) is -0.687. The number of anilines is 1. The van der Waals surface area contributed by atoms with E-state index in [1.54, 1.807) is 44.2 Å². The van der Waals surface area contributed by atoms with E-state index in [2.05, 4.69) is 5.32 Å². The van der Waals surface area contributed by atoms with Gasteiger partial charge in [0.15, 0.2) is 0 Å². The summed E-state index contributed by atoms with van der Waals surface area (Å²) >= 11 is 5.79. The van der Waals surface area contributed by atoms with Crippen LogP contribution >= 0.6 is 11.6 Å². The van der Waals surface area contributed by atoms with Crippen LogP contribution in [0.1, 0.15) is 31.4 Å². The van der Waals surface area contributed by atoms with E-state index in [1.807, 2.05) is 0 Å². The van der Waals surface area contributed by atoms with Gasteiger partial charge in [0.25, 0.3) is 10.0 Å². The second-order valence-electron chi connectivity index (χ2n) is 9.17. The summed E-state index contributed by atoms with van der Waals surface area (Å²) in [5.41, 5.74) is -1.05. The molecule has 0 bridgehead atoms. The maximum absolute atomic E-state index is 14.0. The summed E-state index contributed by atoms with van der Waals surface area (Å²) < 4.78 is 74.5. The highest BCUT2D eigenvalue weighted by atomic mass is 35.5. The van der Waals surface area contributed by atoms with Crippen LogP contribution in [0, 0.1) is 0 Å². The molecule has 226 valence electrons. The summed E-state index contributed by atoms with van der Waals surface area (Å²) in [4.78, 5) is 27.9. The fraction of sp³-hybridized carbons (Fsp3) is 0.310. The number of rotatable bonds is 12. The average molecular weight is 626 g/mol. The van der Waals surface area contributed by atoms with Crippen LogP contribution in [-0.4, -0.2) is 51.4 Å². The zero-order chi connectivity index (χ0) is 31.1. The molecule has 13 heteroatoms. The zero-order valence-electron chi connectivity index (χ0n) is 23.2. The predicted octanol–water partition coefficient (Wildman–Crippen LogP) is 5.51. The first kappa shape index (κ1) is 32.7. The molecule has 0 radical (unpaired) electrons. The van der Waals surface area contributed by atoms with E-state index in [1.165, 1.54) is 36.3 Å². The summed E-state index contributed by atoms with van der Waals surface area (Å²) in [5, 5.41) is 2.06. The molecule has 0 saturated heterocycles. The highest BCUT2D eigenvalue weighted by Gasteiger charge is 2.37. The number of nitrogens with one attached hydrogen (secondary N) is 1. The molecule has 2 amide bonds. The van der Waals surface area contributed by atoms with Gasteiger partial charge in [-0.1, -0.05) is 48.9 Å². The van der Waals surface area contributed by atoms with Gasteiger partial charge >= 0.3 is 6.18 Å². The molecule has 0 heterocycles. The molecular formula is C29H31ClF3N3O5S. The molecule has 3 rings (SSSR count). The Balaban J connectivity index is 2.12. The first-order chi connectivity index (χ1) is 19.8. The van der Waals surface area contributed by atoms with Crippen molar-refractivity contribution < 1.29 is 35.9 Å². The van der Waals surface area contributed by atoms with Crippen LogP contribution in [0.4, 0.5) is 18.9 Å². The number of methoxy groups -OCH3 is 1. The van der Waals surface area contributed by atoms with Gasteiger partial charge in [-0.15, -0.1) is 0 Å². The normalized spacial score (nSPS) is 12.4. The summed E-state index contributed by atoms with van der Waals surface area (Å²) in [6.45, 7) is 2.74. The van der Waals surface area contributed by atoms with E-state index in [4.69, 9.17) is 16.3 Å².